The SMILES string of the molecule is Cc1cc(NC(=O)CCc2c(C)nc3ccccn23)ccn1. The quantitative estimate of drug-likeness (QED) is 0.805. The lowest BCUT2D eigenvalue weighted by Gasteiger charge is -2.06. The molecule has 3 rings (SSSR count). The van der Waals surface area contributed by atoms with E-state index in [-0.39, 0.29) is 5.91 Å². The van der Waals surface area contributed by atoms with Crippen LogP contribution in [0.4, 0.5) is 5.69 Å². The van der Waals surface area contributed by atoms with E-state index >= 15 is 0 Å². The van der Waals surface area contributed by atoms with Crippen molar-refractivity contribution in [3.63, 3.8) is 0 Å². The molecule has 0 unspecified atom stereocenters. The Kier molecular flexibility index (Phi) is 3.87. The van der Waals surface area contributed by atoms with Crippen LogP contribution in [0.3, 0.4) is 0 Å². The van der Waals surface area contributed by atoms with Crippen LogP contribution in [-0.4, -0.2) is 20.3 Å². The molecular weight excluding hydrogens is 276 g/mol. The Balaban J connectivity index is 1.69. The van der Waals surface area contributed by atoms with Crippen LogP contribution in [0.25, 0.3) is 5.65 Å². The normalized spacial score (nSPS) is 10.8. The van der Waals surface area contributed by atoms with Gasteiger partial charge in [0.2, 0.25) is 5.91 Å². The van der Waals surface area contributed by atoms with Gasteiger partial charge in [-0.05, 0) is 44.5 Å². The molecule has 0 saturated heterocycles. The molecule has 3 heterocycles. The Hall–Kier alpha value is -2.69. The zero-order valence-electron chi connectivity index (χ0n) is 12.7. The largest absolute Gasteiger partial charge is 0.326 e. The number of nitrogens with one attached hydrogen (secondary N) is 1. The van der Waals surface area contributed by atoms with E-state index in [1.54, 1.807) is 12.3 Å². The van der Waals surface area contributed by atoms with E-state index in [1.165, 1.54) is 0 Å². The number of aromatic nitrogens is 3. The summed E-state index contributed by atoms with van der Waals surface area (Å²) in [6.45, 7) is 3.88. The molecule has 112 valence electrons. The fraction of sp³-hybridized carbons (Fsp3) is 0.235. The lowest BCUT2D eigenvalue weighted by molar-refractivity contribution is -0.116. The van der Waals surface area contributed by atoms with Crippen LogP contribution in [0.2, 0.25) is 0 Å². The van der Waals surface area contributed by atoms with Crippen molar-refractivity contribution >= 4 is 17.2 Å². The van der Waals surface area contributed by atoms with Crippen LogP contribution in [0.1, 0.15) is 23.5 Å². The topological polar surface area (TPSA) is 59.3 Å². The minimum atomic E-state index is -0.00381. The number of rotatable bonds is 4. The third-order valence-electron chi connectivity index (χ3n) is 3.60. The number of nitrogens with zero attached hydrogens (tertiary/aromatic N) is 3. The molecule has 1 amide bonds. The maximum absolute atomic E-state index is 12.1. The highest BCUT2D eigenvalue weighted by Gasteiger charge is 2.10. The van der Waals surface area contributed by atoms with Crippen LogP contribution in [0, 0.1) is 13.8 Å². The van der Waals surface area contributed by atoms with E-state index in [1.807, 2.05) is 48.7 Å². The molecule has 0 atom stereocenters. The highest BCUT2D eigenvalue weighted by molar-refractivity contribution is 5.90. The van der Waals surface area contributed by atoms with Gasteiger partial charge in [-0.1, -0.05) is 6.07 Å². The molecule has 0 bridgehead atoms. The molecule has 0 aliphatic rings. The first-order chi connectivity index (χ1) is 10.6. The van der Waals surface area contributed by atoms with Crippen molar-refractivity contribution in [1.82, 2.24) is 14.4 Å². The average molecular weight is 294 g/mol. The predicted molar refractivity (Wildman–Crippen MR) is 85.9 cm³/mol. The minimum Gasteiger partial charge on any atom is -0.326 e. The van der Waals surface area contributed by atoms with Gasteiger partial charge in [-0.15, -0.1) is 0 Å². The van der Waals surface area contributed by atoms with E-state index in [4.69, 9.17) is 0 Å². The molecule has 0 fully saturated rings. The lowest BCUT2D eigenvalue weighted by atomic mass is 10.2. The smallest absolute Gasteiger partial charge is 0.224 e. The number of hydrogen-bond acceptors (Lipinski definition) is 3. The Labute approximate surface area is 129 Å². The van der Waals surface area contributed by atoms with E-state index in [9.17, 15) is 4.79 Å². The Morgan fingerprint density at radius 3 is 2.95 bits per heavy atom. The van der Waals surface area contributed by atoms with Crippen LogP contribution < -0.4 is 5.32 Å². The van der Waals surface area contributed by atoms with Crippen molar-refractivity contribution in [3.05, 3.63) is 59.8 Å². The molecule has 0 aliphatic heterocycles. The van der Waals surface area contributed by atoms with Crippen molar-refractivity contribution in [3.8, 4) is 0 Å². The first-order valence-corrected chi connectivity index (χ1v) is 7.28. The number of amides is 1. The number of aryl methyl sites for hydroxylation is 3. The number of carbonyl (C=O) groups excluding carboxylic acids is 1. The van der Waals surface area contributed by atoms with Crippen molar-refractivity contribution in [1.29, 1.82) is 0 Å². The van der Waals surface area contributed by atoms with Crippen LogP contribution >= 0.6 is 0 Å². The fourth-order valence-electron chi connectivity index (χ4n) is 2.54. The van der Waals surface area contributed by atoms with Gasteiger partial charge in [-0.2, -0.15) is 0 Å². The maximum Gasteiger partial charge on any atom is 0.224 e. The average Bonchev–Trinajstić information content (AvgIpc) is 2.80. The second-order valence-corrected chi connectivity index (χ2v) is 5.31. The number of hydrogen-bond donors (Lipinski definition) is 1. The lowest BCUT2D eigenvalue weighted by Crippen LogP contribution is -2.13. The minimum absolute atomic E-state index is 0.00381. The van der Waals surface area contributed by atoms with E-state index in [0.717, 1.165) is 28.4 Å². The van der Waals surface area contributed by atoms with Gasteiger partial charge in [-0.3, -0.25) is 9.78 Å². The van der Waals surface area contributed by atoms with Crippen molar-refractivity contribution in [2.45, 2.75) is 26.7 Å². The van der Waals surface area contributed by atoms with Gasteiger partial charge in [0.05, 0.1) is 5.69 Å². The molecule has 0 radical (unpaired) electrons. The van der Waals surface area contributed by atoms with Crippen LogP contribution in [-0.2, 0) is 11.2 Å². The number of fused-ring (bicyclic) bond motifs is 1. The van der Waals surface area contributed by atoms with Gasteiger partial charge in [0, 0.05) is 35.9 Å². The standard InChI is InChI=1S/C17H18N4O/c1-12-11-14(8-9-18-12)20-17(22)7-6-15-13(2)19-16-5-3-4-10-21(15)16/h3-5,8-11H,6-7H2,1-2H3,(H,18,20,22). The van der Waals surface area contributed by atoms with Crippen LogP contribution in [0.5, 0.6) is 0 Å². The molecule has 0 spiro atoms. The summed E-state index contributed by atoms with van der Waals surface area (Å²) in [5.41, 5.74) is 4.64. The summed E-state index contributed by atoms with van der Waals surface area (Å²) in [5, 5.41) is 2.90. The fourth-order valence-corrected chi connectivity index (χ4v) is 2.54. The zero-order valence-corrected chi connectivity index (χ0v) is 12.7. The summed E-state index contributed by atoms with van der Waals surface area (Å²) in [6, 6.07) is 9.56. The third kappa shape index (κ3) is 2.98. The molecule has 3 aromatic heterocycles. The van der Waals surface area contributed by atoms with E-state index in [2.05, 4.69) is 15.3 Å². The van der Waals surface area contributed by atoms with Gasteiger partial charge in [0.15, 0.2) is 0 Å². The monoisotopic (exact) mass is 294 g/mol. The number of anilines is 1. The Morgan fingerprint density at radius 2 is 2.14 bits per heavy atom. The number of carbonyl (C=O) groups is 1. The van der Waals surface area contributed by atoms with Crippen molar-refractivity contribution in [2.24, 2.45) is 0 Å². The summed E-state index contributed by atoms with van der Waals surface area (Å²) in [7, 11) is 0. The third-order valence-corrected chi connectivity index (χ3v) is 3.60. The summed E-state index contributed by atoms with van der Waals surface area (Å²) in [6.07, 6.45) is 4.76. The maximum atomic E-state index is 12.1. The van der Waals surface area contributed by atoms with Crippen molar-refractivity contribution in [2.75, 3.05) is 5.32 Å². The predicted octanol–water partition coefficient (Wildman–Crippen LogP) is 2.92. The van der Waals surface area contributed by atoms with E-state index < -0.39 is 0 Å². The summed E-state index contributed by atoms with van der Waals surface area (Å²) >= 11 is 0. The molecule has 1 N–H and O–H groups in total. The summed E-state index contributed by atoms with van der Waals surface area (Å²) in [5.74, 6) is -0.00381. The van der Waals surface area contributed by atoms with Gasteiger partial charge >= 0.3 is 0 Å². The van der Waals surface area contributed by atoms with Gasteiger partial charge in [0.1, 0.15) is 5.65 Å². The first kappa shape index (κ1) is 14.3. The number of pyridine rings is 2. The highest BCUT2D eigenvalue weighted by atomic mass is 16.1. The molecule has 0 aliphatic carbocycles. The van der Waals surface area contributed by atoms with E-state index in [0.29, 0.717) is 12.8 Å². The Morgan fingerprint density at radius 1 is 1.27 bits per heavy atom. The molecule has 22 heavy (non-hydrogen) atoms. The first-order valence-electron chi connectivity index (χ1n) is 7.28. The molecule has 5 nitrogen and oxygen atoms in total. The zero-order chi connectivity index (χ0) is 15.5. The number of imidazole rings is 1. The van der Waals surface area contributed by atoms with Gasteiger partial charge in [0.25, 0.3) is 0 Å². The molecular formula is C17H18N4O. The molecule has 0 saturated carbocycles. The second kappa shape index (κ2) is 5.97. The molecule has 0 aromatic carbocycles. The summed E-state index contributed by atoms with van der Waals surface area (Å²) in [4.78, 5) is 20.7. The second-order valence-electron chi connectivity index (χ2n) is 5.31. The Bertz CT molecular complexity index is 822. The van der Waals surface area contributed by atoms with Gasteiger partial charge in [-0.25, -0.2) is 4.98 Å². The van der Waals surface area contributed by atoms with Crippen LogP contribution in [0.15, 0.2) is 42.7 Å². The van der Waals surface area contributed by atoms with Gasteiger partial charge < -0.3 is 9.72 Å². The highest BCUT2D eigenvalue weighted by Crippen LogP contribution is 2.14. The molecule has 5 heteroatoms. The summed E-state index contributed by atoms with van der Waals surface area (Å²) < 4.78 is 2.04. The molecule has 3 aromatic rings. The van der Waals surface area contributed by atoms with Crippen molar-refractivity contribution < 1.29 is 4.79 Å².